The van der Waals surface area contributed by atoms with Gasteiger partial charge < -0.3 is 24.8 Å². The summed E-state index contributed by atoms with van der Waals surface area (Å²) in [5.74, 6) is -3.73. The van der Waals surface area contributed by atoms with Crippen molar-refractivity contribution in [2.24, 2.45) is 0 Å². The quantitative estimate of drug-likeness (QED) is 0.159. The van der Waals surface area contributed by atoms with Gasteiger partial charge in [-0.05, 0) is 71.3 Å². The molecule has 4 aromatic rings. The van der Waals surface area contributed by atoms with Gasteiger partial charge in [-0.25, -0.2) is 8.42 Å². The molecule has 1 atom stereocenters. The van der Waals surface area contributed by atoms with E-state index in [2.05, 4.69) is 4.72 Å². The van der Waals surface area contributed by atoms with E-state index in [1.54, 1.807) is 24.3 Å². The first-order chi connectivity index (χ1) is 22.0. The zero-order valence-electron chi connectivity index (χ0n) is 24.6. The van der Waals surface area contributed by atoms with Crippen LogP contribution in [0.2, 0.25) is 5.02 Å². The molecule has 0 radical (unpaired) electrons. The van der Waals surface area contributed by atoms with Gasteiger partial charge in [0.2, 0.25) is 15.8 Å². The first-order valence-corrected chi connectivity index (χ1v) is 17.7. The molecular weight excluding hydrogens is 650 g/mol. The summed E-state index contributed by atoms with van der Waals surface area (Å²) in [7, 11) is -4.36. The van der Waals surface area contributed by atoms with Gasteiger partial charge in [-0.1, -0.05) is 54.1 Å². The van der Waals surface area contributed by atoms with E-state index in [4.69, 9.17) is 11.6 Å². The first-order valence-electron chi connectivity index (χ1n) is 14.7. The highest BCUT2D eigenvalue weighted by Crippen LogP contribution is 2.44. The van der Waals surface area contributed by atoms with Crippen LogP contribution in [0.3, 0.4) is 0 Å². The fourth-order valence-corrected chi connectivity index (χ4v) is 8.36. The lowest BCUT2D eigenvalue weighted by atomic mass is 9.99. The van der Waals surface area contributed by atoms with Crippen molar-refractivity contribution in [1.82, 2.24) is 13.9 Å². The molecule has 13 heteroatoms. The fraction of sp³-hybridized carbons (Fsp3) is 0.242. The van der Waals surface area contributed by atoms with Crippen LogP contribution in [0, 0.1) is 0 Å². The third kappa shape index (κ3) is 6.41. The van der Waals surface area contributed by atoms with Crippen molar-refractivity contribution in [2.45, 2.75) is 42.1 Å². The number of nitrogens with zero attached hydrogens (tertiary/aromatic N) is 2. The number of nitrogens with one attached hydrogen (secondary N) is 1. The second-order valence-electron chi connectivity index (χ2n) is 11.3. The summed E-state index contributed by atoms with van der Waals surface area (Å²) in [6.45, 7) is 1.04. The van der Waals surface area contributed by atoms with Gasteiger partial charge in [0, 0.05) is 43.8 Å². The van der Waals surface area contributed by atoms with Crippen LogP contribution in [0.5, 0.6) is 17.2 Å². The van der Waals surface area contributed by atoms with E-state index in [1.165, 1.54) is 9.21 Å². The second kappa shape index (κ2) is 13.1. The minimum absolute atomic E-state index is 0.0610. The number of phenols is 3. The van der Waals surface area contributed by atoms with Crippen LogP contribution in [-0.2, 0) is 53.7 Å². The maximum Gasteiger partial charge on any atom is 0.258 e. The standard InChI is InChI=1S/C33H32ClN3O7S2/c34-26-8-5-21(6-9-26)11-14-35-45(42)27-10-7-23-12-15-36(19-25(23)17-27)33(41)28-18-29(31(39)32(40)30(28)38)46(43,44)37-16-13-22-3-1-2-4-24(22)20-37/h1-10,17-18,35,38-40H,11-16,19-20H2. The van der Waals surface area contributed by atoms with Crippen molar-refractivity contribution in [2.75, 3.05) is 19.6 Å². The molecule has 0 saturated carbocycles. The van der Waals surface area contributed by atoms with Gasteiger partial charge in [0.05, 0.1) is 16.9 Å². The fourth-order valence-electron chi connectivity index (χ4n) is 5.81. The highest BCUT2D eigenvalue weighted by molar-refractivity contribution is 7.89. The molecule has 1 unspecified atom stereocenters. The number of carbonyl (C=O) groups is 1. The van der Waals surface area contributed by atoms with Crippen LogP contribution >= 0.6 is 11.6 Å². The first kappa shape index (κ1) is 32.2. The van der Waals surface area contributed by atoms with Gasteiger partial charge in [-0.15, -0.1) is 4.72 Å². The van der Waals surface area contributed by atoms with Gasteiger partial charge in [0.15, 0.2) is 16.4 Å². The highest BCUT2D eigenvalue weighted by atomic mass is 35.5. The molecule has 4 N–H and O–H groups in total. The lowest BCUT2D eigenvalue weighted by Gasteiger charge is -2.30. The van der Waals surface area contributed by atoms with E-state index in [0.29, 0.717) is 35.7 Å². The molecule has 6 rings (SSSR count). The van der Waals surface area contributed by atoms with Gasteiger partial charge in [-0.2, -0.15) is 4.31 Å². The second-order valence-corrected chi connectivity index (χ2v) is 14.9. The Morgan fingerprint density at radius 2 is 1.54 bits per heavy atom. The van der Waals surface area contributed by atoms with E-state index in [1.807, 2.05) is 42.5 Å². The summed E-state index contributed by atoms with van der Waals surface area (Å²) in [5, 5.41) is 32.5. The van der Waals surface area contributed by atoms with Crippen LogP contribution in [0.25, 0.3) is 0 Å². The predicted molar refractivity (Wildman–Crippen MR) is 174 cm³/mol. The molecule has 0 fully saturated rings. The van der Waals surface area contributed by atoms with Crippen LogP contribution < -0.4 is 4.72 Å². The minimum Gasteiger partial charge on any atom is -0.593 e. The largest absolute Gasteiger partial charge is 0.593 e. The minimum atomic E-state index is -4.36. The van der Waals surface area contributed by atoms with Crippen LogP contribution in [0.4, 0.5) is 0 Å². The van der Waals surface area contributed by atoms with Crippen molar-refractivity contribution in [3.63, 3.8) is 0 Å². The van der Waals surface area contributed by atoms with E-state index in [0.717, 1.165) is 33.9 Å². The van der Waals surface area contributed by atoms with E-state index in [9.17, 15) is 33.1 Å². The summed E-state index contributed by atoms with van der Waals surface area (Å²) in [6.07, 6.45) is 1.59. The molecule has 2 aliphatic rings. The van der Waals surface area contributed by atoms with Crippen molar-refractivity contribution in [3.8, 4) is 17.2 Å². The zero-order valence-corrected chi connectivity index (χ0v) is 27.0. The molecule has 4 aromatic carbocycles. The molecule has 0 aromatic heterocycles. The third-order valence-electron chi connectivity index (χ3n) is 8.41. The maximum absolute atomic E-state index is 13.7. The lowest BCUT2D eigenvalue weighted by Crippen LogP contribution is -2.37. The number of sulfonamides is 1. The SMILES string of the molecule is O=C(c1cc(S(=O)(=O)N2CCc3ccccc3C2)c(O)c(O)c1O)N1CCc2ccc([S+]([O-])NCCc3ccc(Cl)cc3)cc2C1. The van der Waals surface area contributed by atoms with Crippen molar-refractivity contribution < 1.29 is 33.1 Å². The van der Waals surface area contributed by atoms with Gasteiger partial charge in [0.1, 0.15) is 4.90 Å². The number of benzene rings is 4. The molecule has 0 aliphatic carbocycles. The Kier molecular flexibility index (Phi) is 9.19. The monoisotopic (exact) mass is 681 g/mol. The Morgan fingerprint density at radius 1 is 0.848 bits per heavy atom. The van der Waals surface area contributed by atoms with E-state index in [-0.39, 0.29) is 26.2 Å². The zero-order chi connectivity index (χ0) is 32.6. The molecule has 0 saturated heterocycles. The van der Waals surface area contributed by atoms with Gasteiger partial charge >= 0.3 is 0 Å². The Morgan fingerprint density at radius 3 is 2.30 bits per heavy atom. The molecule has 240 valence electrons. The number of hydrogen-bond donors (Lipinski definition) is 4. The molecule has 1 amide bonds. The average molecular weight is 682 g/mol. The number of aromatic hydroxyl groups is 3. The smallest absolute Gasteiger partial charge is 0.258 e. The van der Waals surface area contributed by atoms with Gasteiger partial charge in [0.25, 0.3) is 5.91 Å². The molecule has 0 bridgehead atoms. The highest BCUT2D eigenvalue weighted by Gasteiger charge is 2.35. The normalized spacial score (nSPS) is 15.7. The molecule has 2 heterocycles. The van der Waals surface area contributed by atoms with Crippen molar-refractivity contribution in [1.29, 1.82) is 0 Å². The summed E-state index contributed by atoms with van der Waals surface area (Å²) in [6, 6.07) is 21.2. The summed E-state index contributed by atoms with van der Waals surface area (Å²) < 4.78 is 44.6. The van der Waals surface area contributed by atoms with Crippen LogP contribution in [0.15, 0.2) is 82.6 Å². The number of amides is 1. The summed E-state index contributed by atoms with van der Waals surface area (Å²) in [5.41, 5.74) is 4.17. The number of halogens is 1. The van der Waals surface area contributed by atoms with E-state index >= 15 is 0 Å². The van der Waals surface area contributed by atoms with Crippen molar-refractivity contribution in [3.05, 3.63) is 111 Å². The number of fused-ring (bicyclic) bond motifs is 2. The third-order valence-corrected chi connectivity index (χ3v) is 11.7. The Hall–Kier alpha value is -3.78. The Bertz CT molecular complexity index is 1900. The number of carbonyl (C=O) groups excluding carboxylic acids is 1. The lowest BCUT2D eigenvalue weighted by molar-refractivity contribution is 0.0730. The topological polar surface area (TPSA) is 153 Å². The molecule has 10 nitrogen and oxygen atoms in total. The number of hydrogen-bond acceptors (Lipinski definition) is 8. The molecular formula is C33H32ClN3O7S2. The van der Waals surface area contributed by atoms with E-state index < -0.39 is 55.0 Å². The van der Waals surface area contributed by atoms with Crippen LogP contribution in [0.1, 0.15) is 38.2 Å². The molecule has 2 aliphatic heterocycles. The number of rotatable bonds is 8. The molecule has 46 heavy (non-hydrogen) atoms. The molecule has 0 spiro atoms. The Labute approximate surface area is 275 Å². The summed E-state index contributed by atoms with van der Waals surface area (Å²) in [4.78, 5) is 15.0. The summed E-state index contributed by atoms with van der Waals surface area (Å²) >= 11 is 4.43. The average Bonchev–Trinajstić information content (AvgIpc) is 3.07. The van der Waals surface area contributed by atoms with Gasteiger partial charge in [-0.3, -0.25) is 4.79 Å². The van der Waals surface area contributed by atoms with Crippen molar-refractivity contribution >= 4 is 38.9 Å². The maximum atomic E-state index is 13.7. The number of phenolic OH excluding ortho intramolecular Hbond substituents is 3. The predicted octanol–water partition coefficient (Wildman–Crippen LogP) is 4.26. The van der Waals surface area contributed by atoms with Crippen LogP contribution in [-0.4, -0.2) is 63.0 Å². The Balaban J connectivity index is 1.19.